The highest BCUT2D eigenvalue weighted by Crippen LogP contribution is 2.55. The summed E-state index contributed by atoms with van der Waals surface area (Å²) < 4.78 is 33.3. The van der Waals surface area contributed by atoms with Crippen LogP contribution < -0.4 is 10.4 Å². The SMILES string of the molecule is CCCCCCCCC1(CCCCCCCC)c2ccccc2-c2ccc(-c3cc(C)cc(-c4nccc5c4ccc4c(F)c([Si](C)(C)C)c(F)c([Si](C)(C)C)c45)c3)cc21. The van der Waals surface area contributed by atoms with Crippen LogP contribution in [0.25, 0.3) is 55.1 Å². The van der Waals surface area contributed by atoms with Gasteiger partial charge in [-0.3, -0.25) is 4.98 Å². The molecular weight excluding hydrogens is 769 g/mol. The zero-order valence-electron chi connectivity index (χ0n) is 38.2. The molecule has 1 aliphatic rings. The molecule has 0 spiro atoms. The Hall–Kier alpha value is -3.94. The highest BCUT2D eigenvalue weighted by molar-refractivity contribution is 6.93. The Morgan fingerprint density at radius 3 is 1.75 bits per heavy atom. The quantitative estimate of drug-likeness (QED) is 0.0477. The zero-order valence-corrected chi connectivity index (χ0v) is 40.2. The lowest BCUT2D eigenvalue weighted by Crippen LogP contribution is -2.51. The summed E-state index contributed by atoms with van der Waals surface area (Å²) in [5.41, 5.74) is 11.3. The lowest BCUT2D eigenvalue weighted by atomic mass is 9.70. The zero-order chi connectivity index (χ0) is 42.8. The van der Waals surface area contributed by atoms with E-state index in [1.807, 2.05) is 44.0 Å². The Bertz CT molecular complexity index is 2470. The van der Waals surface area contributed by atoms with Gasteiger partial charge in [-0.15, -0.1) is 0 Å². The summed E-state index contributed by atoms with van der Waals surface area (Å²) >= 11 is 0. The summed E-state index contributed by atoms with van der Waals surface area (Å²) in [6.45, 7) is 19.4. The van der Waals surface area contributed by atoms with Gasteiger partial charge >= 0.3 is 0 Å². The standard InChI is InChI=1S/C55H69F2NSi2/c1-10-12-14-16-18-22-31-55(32-23-19-17-15-13-11-2)47-25-21-20-24-42(47)43-27-26-39(37-48(43)55)40-34-38(3)35-41(36-40)52-45-28-29-46-49(44(45)30-33-58-52)53(59(4,5)6)51(57)54(50(46)56)60(7,8)9/h20-21,24-30,33-37H,10-19,22-23,31-32H2,1-9H3. The van der Waals surface area contributed by atoms with E-state index in [4.69, 9.17) is 4.98 Å². The van der Waals surface area contributed by atoms with Crippen LogP contribution in [0.4, 0.5) is 8.78 Å². The first-order chi connectivity index (χ1) is 28.7. The van der Waals surface area contributed by atoms with Crippen LogP contribution in [0.1, 0.15) is 120 Å². The van der Waals surface area contributed by atoms with Crippen LogP contribution in [0.3, 0.4) is 0 Å². The average Bonchev–Trinajstić information content (AvgIpc) is 3.47. The monoisotopic (exact) mass is 837 g/mol. The summed E-state index contributed by atoms with van der Waals surface area (Å²) in [6, 6.07) is 29.2. The van der Waals surface area contributed by atoms with Crippen LogP contribution in [0, 0.1) is 18.6 Å². The minimum Gasteiger partial charge on any atom is -0.256 e. The number of halogens is 2. The fourth-order valence-corrected chi connectivity index (χ4v) is 14.1. The number of benzene rings is 5. The topological polar surface area (TPSA) is 12.9 Å². The van der Waals surface area contributed by atoms with E-state index >= 15 is 8.78 Å². The molecule has 0 amide bonds. The van der Waals surface area contributed by atoms with Crippen molar-refractivity contribution in [3.8, 4) is 33.5 Å². The summed E-state index contributed by atoms with van der Waals surface area (Å²) in [6.07, 6.45) is 19.8. The van der Waals surface area contributed by atoms with E-state index in [1.54, 1.807) is 0 Å². The van der Waals surface area contributed by atoms with Gasteiger partial charge in [0.1, 0.15) is 11.6 Å². The van der Waals surface area contributed by atoms with Crippen LogP contribution in [0.15, 0.2) is 85.1 Å². The fourth-order valence-electron chi connectivity index (χ4n) is 10.6. The van der Waals surface area contributed by atoms with Crippen molar-refractivity contribution in [2.24, 2.45) is 0 Å². The van der Waals surface area contributed by atoms with Gasteiger partial charge in [0.2, 0.25) is 0 Å². The number of nitrogens with zero attached hydrogens (tertiary/aromatic N) is 1. The molecule has 1 nitrogen and oxygen atoms in total. The summed E-state index contributed by atoms with van der Waals surface area (Å²) in [5, 5.41) is 4.12. The number of hydrogen-bond acceptors (Lipinski definition) is 1. The van der Waals surface area contributed by atoms with Gasteiger partial charge in [-0.1, -0.05) is 185 Å². The first kappa shape index (κ1) is 44.1. The van der Waals surface area contributed by atoms with E-state index in [0.29, 0.717) is 10.6 Å². The molecule has 1 aliphatic carbocycles. The summed E-state index contributed by atoms with van der Waals surface area (Å²) in [4.78, 5) is 5.01. The van der Waals surface area contributed by atoms with E-state index < -0.39 is 16.1 Å². The number of aryl methyl sites for hydroxylation is 1. The van der Waals surface area contributed by atoms with Crippen LogP contribution >= 0.6 is 0 Å². The Labute approximate surface area is 362 Å². The van der Waals surface area contributed by atoms with Crippen molar-refractivity contribution in [1.82, 2.24) is 4.98 Å². The van der Waals surface area contributed by atoms with Gasteiger partial charge in [-0.25, -0.2) is 8.78 Å². The Balaban J connectivity index is 1.34. The van der Waals surface area contributed by atoms with Gasteiger partial charge in [-0.2, -0.15) is 0 Å². The van der Waals surface area contributed by atoms with Crippen LogP contribution in [0.5, 0.6) is 0 Å². The van der Waals surface area contributed by atoms with Crippen molar-refractivity contribution in [1.29, 1.82) is 0 Å². The molecule has 1 heterocycles. The van der Waals surface area contributed by atoms with Gasteiger partial charge < -0.3 is 0 Å². The maximum atomic E-state index is 16.8. The molecule has 6 aromatic rings. The molecule has 0 N–H and O–H groups in total. The van der Waals surface area contributed by atoms with Crippen molar-refractivity contribution in [2.75, 3.05) is 0 Å². The lowest BCUT2D eigenvalue weighted by Gasteiger charge is -2.33. The van der Waals surface area contributed by atoms with Crippen molar-refractivity contribution < 1.29 is 8.78 Å². The lowest BCUT2D eigenvalue weighted by molar-refractivity contribution is 0.398. The number of aromatic nitrogens is 1. The molecule has 0 saturated carbocycles. The third kappa shape index (κ3) is 8.60. The molecule has 0 bridgehead atoms. The number of fused-ring (bicyclic) bond motifs is 6. The summed E-state index contributed by atoms with van der Waals surface area (Å²) in [7, 11) is -4.60. The van der Waals surface area contributed by atoms with Crippen LogP contribution in [0.2, 0.25) is 39.3 Å². The van der Waals surface area contributed by atoms with E-state index in [0.717, 1.165) is 38.2 Å². The van der Waals surface area contributed by atoms with Crippen molar-refractivity contribution >= 4 is 48.1 Å². The largest absolute Gasteiger partial charge is 0.256 e. The van der Waals surface area contributed by atoms with Crippen molar-refractivity contribution in [2.45, 2.75) is 155 Å². The molecule has 0 unspecified atom stereocenters. The second kappa shape index (κ2) is 18.2. The number of pyridine rings is 1. The number of hydrogen-bond donors (Lipinski definition) is 0. The third-order valence-electron chi connectivity index (χ3n) is 13.5. The van der Waals surface area contributed by atoms with Gasteiger partial charge in [0.25, 0.3) is 0 Å². The highest BCUT2D eigenvalue weighted by Gasteiger charge is 2.42. The van der Waals surface area contributed by atoms with Gasteiger partial charge in [0.15, 0.2) is 0 Å². The smallest absolute Gasteiger partial charge is 0.133 e. The Kier molecular flexibility index (Phi) is 13.4. The third-order valence-corrected chi connectivity index (χ3v) is 17.4. The molecule has 0 saturated heterocycles. The molecule has 0 atom stereocenters. The maximum absolute atomic E-state index is 16.8. The molecule has 7 rings (SSSR count). The predicted molar refractivity (Wildman–Crippen MR) is 263 cm³/mol. The fraction of sp³-hybridized carbons (Fsp3) is 0.436. The molecule has 0 radical (unpaired) electrons. The van der Waals surface area contributed by atoms with E-state index in [-0.39, 0.29) is 17.0 Å². The van der Waals surface area contributed by atoms with Gasteiger partial charge in [0.05, 0.1) is 21.8 Å². The second-order valence-corrected chi connectivity index (χ2v) is 30.1. The summed E-state index contributed by atoms with van der Waals surface area (Å²) in [5.74, 6) is -0.700. The maximum Gasteiger partial charge on any atom is 0.133 e. The van der Waals surface area contributed by atoms with E-state index in [2.05, 4.69) is 101 Å². The molecule has 1 aromatic heterocycles. The highest BCUT2D eigenvalue weighted by atomic mass is 28.3. The van der Waals surface area contributed by atoms with Crippen LogP contribution in [-0.4, -0.2) is 21.1 Å². The molecular formula is C55H69F2NSi2. The molecule has 5 aromatic carbocycles. The van der Waals surface area contributed by atoms with Gasteiger partial charge in [0, 0.05) is 33.1 Å². The van der Waals surface area contributed by atoms with Gasteiger partial charge in [-0.05, 0) is 98.9 Å². The Morgan fingerprint density at radius 2 is 1.10 bits per heavy atom. The first-order valence-electron chi connectivity index (χ1n) is 23.3. The number of unbranched alkanes of at least 4 members (excludes halogenated alkanes) is 10. The first-order valence-corrected chi connectivity index (χ1v) is 30.3. The Morgan fingerprint density at radius 1 is 0.517 bits per heavy atom. The molecule has 0 aliphatic heterocycles. The molecule has 316 valence electrons. The minimum atomic E-state index is -2.33. The number of rotatable bonds is 18. The molecule has 0 fully saturated rings. The normalized spacial score (nSPS) is 13.7. The minimum absolute atomic E-state index is 0.0102. The second-order valence-electron chi connectivity index (χ2n) is 20.1. The van der Waals surface area contributed by atoms with Crippen molar-refractivity contribution in [3.05, 3.63) is 113 Å². The predicted octanol–water partition coefficient (Wildman–Crippen LogP) is 16.2. The van der Waals surface area contributed by atoms with E-state index in [9.17, 15) is 0 Å². The molecule has 5 heteroatoms. The molecule has 60 heavy (non-hydrogen) atoms. The van der Waals surface area contributed by atoms with E-state index in [1.165, 1.54) is 123 Å². The van der Waals surface area contributed by atoms with Crippen LogP contribution in [-0.2, 0) is 5.41 Å². The average molecular weight is 838 g/mol. The van der Waals surface area contributed by atoms with Crippen molar-refractivity contribution in [3.63, 3.8) is 0 Å².